The Balaban J connectivity index is 1.31. The molecule has 2 fully saturated rings. The Kier molecular flexibility index (Phi) is 4.33. The minimum Gasteiger partial charge on any atom is -0.338 e. The molecule has 6 nitrogen and oxygen atoms in total. The van der Waals surface area contributed by atoms with Gasteiger partial charge >= 0.3 is 0 Å². The molecule has 3 aliphatic rings. The molecule has 1 N–H and O–H groups in total. The zero-order chi connectivity index (χ0) is 15.6. The summed E-state index contributed by atoms with van der Waals surface area (Å²) in [4.78, 5) is 19.2. The van der Waals surface area contributed by atoms with Gasteiger partial charge in [-0.2, -0.15) is 5.10 Å². The molecule has 1 aromatic heterocycles. The summed E-state index contributed by atoms with van der Waals surface area (Å²) in [6.07, 6.45) is 11.3. The van der Waals surface area contributed by atoms with Crippen molar-refractivity contribution in [2.75, 3.05) is 13.1 Å². The molecule has 23 heavy (non-hydrogen) atoms. The lowest BCUT2D eigenvalue weighted by Crippen LogP contribution is -2.53. The van der Waals surface area contributed by atoms with Gasteiger partial charge in [0.05, 0.1) is 13.1 Å². The first-order valence-electron chi connectivity index (χ1n) is 9.21. The molecule has 126 valence electrons. The van der Waals surface area contributed by atoms with E-state index in [1.165, 1.54) is 38.5 Å². The van der Waals surface area contributed by atoms with Gasteiger partial charge in [-0.25, -0.2) is 9.67 Å². The van der Waals surface area contributed by atoms with E-state index in [0.29, 0.717) is 24.5 Å². The zero-order valence-corrected chi connectivity index (χ0v) is 13.8. The van der Waals surface area contributed by atoms with Crippen LogP contribution >= 0.6 is 0 Å². The SMILES string of the molecule is O=C(CN[C@@H]1CCc2ncnn2C1)N1CCC[C@@H]2CCCC[C@@H]21. The van der Waals surface area contributed by atoms with E-state index < -0.39 is 0 Å². The molecular weight excluding hydrogens is 290 g/mol. The molecule has 3 heterocycles. The number of hydrogen-bond donors (Lipinski definition) is 1. The number of likely N-dealkylation sites (tertiary alicyclic amines) is 1. The van der Waals surface area contributed by atoms with Crippen LogP contribution in [0.1, 0.15) is 50.8 Å². The van der Waals surface area contributed by atoms with Crippen molar-refractivity contribution in [1.82, 2.24) is 25.0 Å². The summed E-state index contributed by atoms with van der Waals surface area (Å²) >= 11 is 0. The van der Waals surface area contributed by atoms with Crippen molar-refractivity contribution in [3.05, 3.63) is 12.2 Å². The van der Waals surface area contributed by atoms with Crippen molar-refractivity contribution >= 4 is 5.91 Å². The molecule has 0 radical (unpaired) electrons. The molecular formula is C17H27N5O. The second kappa shape index (κ2) is 6.59. The highest BCUT2D eigenvalue weighted by Gasteiger charge is 2.35. The van der Waals surface area contributed by atoms with Crippen LogP contribution in [0, 0.1) is 5.92 Å². The van der Waals surface area contributed by atoms with Gasteiger partial charge in [-0.15, -0.1) is 0 Å². The van der Waals surface area contributed by atoms with Gasteiger partial charge < -0.3 is 10.2 Å². The Morgan fingerprint density at radius 1 is 1.22 bits per heavy atom. The van der Waals surface area contributed by atoms with E-state index in [2.05, 4.69) is 20.3 Å². The van der Waals surface area contributed by atoms with Crippen molar-refractivity contribution in [1.29, 1.82) is 0 Å². The number of aryl methyl sites for hydroxylation is 1. The lowest BCUT2D eigenvalue weighted by atomic mass is 9.78. The standard InChI is InChI=1S/C17H27N5O/c23-17(21-9-3-5-13-4-1-2-6-15(13)21)10-18-14-7-8-16-19-12-20-22(16)11-14/h12-15,18H,1-11H2/t13-,14+,15-/m0/s1. The Hall–Kier alpha value is -1.43. The molecule has 1 amide bonds. The number of nitrogens with zero attached hydrogens (tertiary/aromatic N) is 4. The van der Waals surface area contributed by atoms with Crippen LogP contribution in [0.25, 0.3) is 0 Å². The predicted octanol–water partition coefficient (Wildman–Crippen LogP) is 1.36. The molecule has 6 heteroatoms. The Bertz CT molecular complexity index is 555. The fourth-order valence-electron chi connectivity index (χ4n) is 4.67. The average molecular weight is 317 g/mol. The van der Waals surface area contributed by atoms with Crippen LogP contribution < -0.4 is 5.32 Å². The fraction of sp³-hybridized carbons (Fsp3) is 0.824. The maximum Gasteiger partial charge on any atom is 0.236 e. The molecule has 1 saturated carbocycles. The number of fused-ring (bicyclic) bond motifs is 2. The topological polar surface area (TPSA) is 63.1 Å². The van der Waals surface area contributed by atoms with Gasteiger partial charge in [0.1, 0.15) is 12.2 Å². The molecule has 1 saturated heterocycles. The number of piperidine rings is 1. The molecule has 1 aliphatic carbocycles. The van der Waals surface area contributed by atoms with E-state index in [1.807, 2.05) is 4.68 Å². The van der Waals surface area contributed by atoms with Crippen molar-refractivity contribution in [3.8, 4) is 0 Å². The second-order valence-electron chi connectivity index (χ2n) is 7.32. The van der Waals surface area contributed by atoms with Gasteiger partial charge in [-0.1, -0.05) is 12.8 Å². The fourth-order valence-corrected chi connectivity index (χ4v) is 4.67. The summed E-state index contributed by atoms with van der Waals surface area (Å²) in [5.74, 6) is 2.12. The quantitative estimate of drug-likeness (QED) is 0.914. The smallest absolute Gasteiger partial charge is 0.236 e. The molecule has 1 aromatic rings. The van der Waals surface area contributed by atoms with E-state index >= 15 is 0 Å². The van der Waals surface area contributed by atoms with E-state index in [0.717, 1.165) is 37.7 Å². The Labute approximate surface area is 137 Å². The second-order valence-corrected chi connectivity index (χ2v) is 7.32. The zero-order valence-electron chi connectivity index (χ0n) is 13.8. The molecule has 3 atom stereocenters. The molecule has 0 unspecified atom stereocenters. The lowest BCUT2D eigenvalue weighted by molar-refractivity contribution is -0.136. The van der Waals surface area contributed by atoms with Crippen molar-refractivity contribution in [2.24, 2.45) is 5.92 Å². The molecule has 0 aromatic carbocycles. The van der Waals surface area contributed by atoms with Crippen molar-refractivity contribution in [3.63, 3.8) is 0 Å². The summed E-state index contributed by atoms with van der Waals surface area (Å²) in [7, 11) is 0. The van der Waals surface area contributed by atoms with Crippen LogP contribution in [0.5, 0.6) is 0 Å². The molecule has 2 aliphatic heterocycles. The predicted molar refractivity (Wildman–Crippen MR) is 86.8 cm³/mol. The van der Waals surface area contributed by atoms with E-state index in [9.17, 15) is 4.79 Å². The van der Waals surface area contributed by atoms with E-state index in [-0.39, 0.29) is 0 Å². The Morgan fingerprint density at radius 3 is 3.04 bits per heavy atom. The minimum atomic E-state index is 0.297. The van der Waals surface area contributed by atoms with Crippen LogP contribution in [0.2, 0.25) is 0 Å². The van der Waals surface area contributed by atoms with Crippen LogP contribution in [-0.4, -0.2) is 50.7 Å². The first-order valence-corrected chi connectivity index (χ1v) is 9.21. The van der Waals surface area contributed by atoms with Gasteiger partial charge in [-0.05, 0) is 38.0 Å². The van der Waals surface area contributed by atoms with Gasteiger partial charge in [0, 0.05) is 25.0 Å². The third-order valence-electron chi connectivity index (χ3n) is 5.91. The van der Waals surface area contributed by atoms with E-state index in [4.69, 9.17) is 0 Å². The van der Waals surface area contributed by atoms with Gasteiger partial charge in [0.2, 0.25) is 5.91 Å². The summed E-state index contributed by atoms with van der Waals surface area (Å²) < 4.78 is 1.96. The summed E-state index contributed by atoms with van der Waals surface area (Å²) in [6, 6.07) is 0.847. The highest BCUT2D eigenvalue weighted by atomic mass is 16.2. The maximum absolute atomic E-state index is 12.7. The third-order valence-corrected chi connectivity index (χ3v) is 5.91. The van der Waals surface area contributed by atoms with Gasteiger partial charge in [0.25, 0.3) is 0 Å². The van der Waals surface area contributed by atoms with Crippen LogP contribution in [0.4, 0.5) is 0 Å². The number of carbonyl (C=O) groups excluding carboxylic acids is 1. The van der Waals surface area contributed by atoms with E-state index in [1.54, 1.807) is 6.33 Å². The minimum absolute atomic E-state index is 0.297. The number of nitrogens with one attached hydrogen (secondary N) is 1. The summed E-state index contributed by atoms with van der Waals surface area (Å²) in [6.45, 7) is 2.26. The number of rotatable bonds is 3. The molecule has 4 rings (SSSR count). The third kappa shape index (κ3) is 3.13. The maximum atomic E-state index is 12.7. The summed E-state index contributed by atoms with van der Waals surface area (Å²) in [5, 5.41) is 7.71. The monoisotopic (exact) mass is 317 g/mol. The first kappa shape index (κ1) is 15.1. The number of carbonyl (C=O) groups is 1. The molecule has 0 bridgehead atoms. The van der Waals surface area contributed by atoms with Crippen LogP contribution in [0.15, 0.2) is 6.33 Å². The number of amides is 1. The molecule has 0 spiro atoms. The van der Waals surface area contributed by atoms with Crippen molar-refractivity contribution in [2.45, 2.75) is 70.0 Å². The highest BCUT2D eigenvalue weighted by Crippen LogP contribution is 2.35. The van der Waals surface area contributed by atoms with Gasteiger partial charge in [-0.3, -0.25) is 4.79 Å². The number of aromatic nitrogens is 3. The van der Waals surface area contributed by atoms with Crippen molar-refractivity contribution < 1.29 is 4.79 Å². The normalized spacial score (nSPS) is 30.6. The first-order chi connectivity index (χ1) is 11.3. The average Bonchev–Trinajstić information content (AvgIpc) is 3.07. The summed E-state index contributed by atoms with van der Waals surface area (Å²) in [5.41, 5.74) is 0. The van der Waals surface area contributed by atoms with Crippen LogP contribution in [-0.2, 0) is 17.8 Å². The largest absolute Gasteiger partial charge is 0.338 e. The highest BCUT2D eigenvalue weighted by molar-refractivity contribution is 5.78. The van der Waals surface area contributed by atoms with Gasteiger partial charge in [0.15, 0.2) is 0 Å². The van der Waals surface area contributed by atoms with Crippen LogP contribution in [0.3, 0.4) is 0 Å². The number of hydrogen-bond acceptors (Lipinski definition) is 4. The Morgan fingerprint density at radius 2 is 2.09 bits per heavy atom. The lowest BCUT2D eigenvalue weighted by Gasteiger charge is -2.44.